The molecule has 0 aromatic carbocycles. The van der Waals surface area contributed by atoms with Gasteiger partial charge in [-0.25, -0.2) is 9.97 Å². The van der Waals surface area contributed by atoms with Gasteiger partial charge in [-0.3, -0.25) is 9.59 Å². The third kappa shape index (κ3) is 11.9. The first kappa shape index (κ1) is 42.6. The summed E-state index contributed by atoms with van der Waals surface area (Å²) in [5.41, 5.74) is 1.05. The Hall–Kier alpha value is -1.38. The van der Waals surface area contributed by atoms with Gasteiger partial charge >= 0.3 is 59.1 Å². The van der Waals surface area contributed by atoms with Crippen molar-refractivity contribution in [2.45, 2.75) is 118 Å². The van der Waals surface area contributed by atoms with Crippen LogP contribution in [0.15, 0.2) is 9.59 Å². The Morgan fingerprint density at radius 1 is 0.609 bits per heavy atom. The molecule has 0 fully saturated rings. The topological polar surface area (TPSA) is 172 Å². The molecule has 0 atom stereocenters. The van der Waals surface area contributed by atoms with E-state index >= 15 is 0 Å². The summed E-state index contributed by atoms with van der Waals surface area (Å²) in [5.74, 6) is -3.71. The number of unbranched alkanes of at least 4 members (excludes halogenated alkanes) is 10. The van der Waals surface area contributed by atoms with E-state index in [4.69, 9.17) is 0 Å². The number of nitrogens with zero attached hydrogens (tertiary/aromatic N) is 2. The van der Waals surface area contributed by atoms with Gasteiger partial charge in [-0.05, 0) is 50.7 Å². The van der Waals surface area contributed by atoms with Crippen LogP contribution < -0.4 is 80.4 Å². The average Bonchev–Trinajstić information content (AvgIpc) is 3.48. The molecular weight excluding hydrogens is 646 g/mol. The molecule has 0 bridgehead atoms. The molecule has 4 heterocycles. The summed E-state index contributed by atoms with van der Waals surface area (Å²) in [5, 5.41) is 22.7. The Morgan fingerprint density at radius 2 is 0.935 bits per heavy atom. The van der Waals surface area contributed by atoms with E-state index in [-0.39, 0.29) is 59.1 Å². The van der Waals surface area contributed by atoms with E-state index in [1.807, 2.05) is 13.8 Å². The summed E-state index contributed by atoms with van der Waals surface area (Å²) in [6.45, 7) is 8.21. The first-order chi connectivity index (χ1) is 21.1. The minimum Gasteiger partial charge on any atom is -0.542 e. The van der Waals surface area contributed by atoms with Crippen LogP contribution in [-0.2, 0) is 12.8 Å². The summed E-state index contributed by atoms with van der Waals surface area (Å²) in [4.78, 5) is 61.4. The number of aromatic carboxylic acids is 2. The van der Waals surface area contributed by atoms with Crippen molar-refractivity contribution in [3.8, 4) is 0 Å². The minimum atomic E-state index is -1.46. The van der Waals surface area contributed by atoms with E-state index in [0.29, 0.717) is 20.4 Å². The largest absolute Gasteiger partial charge is 1.00 e. The van der Waals surface area contributed by atoms with Gasteiger partial charge in [0, 0.05) is 9.75 Å². The first-order valence-corrected chi connectivity index (χ1v) is 17.2. The smallest absolute Gasteiger partial charge is 0.542 e. The number of carbonyl (C=O) groups excluding carboxylic acids is 2. The first-order valence-electron chi connectivity index (χ1n) is 15.6. The molecule has 4 aromatic rings. The molecule has 0 unspecified atom stereocenters. The number of H-pyrrole nitrogens is 2. The standard InChI is InChI=1S/2C16H22N2O3S.2Na/c2*1-3-4-5-6-7-8-9-11-10(2)12-14(19)17-13(16(20)21)18-15(12)22-11;;/h2*3-9H2,1-2H3,(H,20,21)(H,17,18,19);;/q;;2*+1/p-2. The normalized spacial score (nSPS) is 10.7. The number of hydrogen-bond donors (Lipinski definition) is 2. The molecule has 14 heteroatoms. The van der Waals surface area contributed by atoms with Crippen LogP contribution in [0, 0.1) is 13.8 Å². The fourth-order valence-electron chi connectivity index (χ4n) is 5.18. The van der Waals surface area contributed by atoms with Crippen LogP contribution in [0.2, 0.25) is 0 Å². The fourth-order valence-corrected chi connectivity index (χ4v) is 7.62. The molecule has 46 heavy (non-hydrogen) atoms. The van der Waals surface area contributed by atoms with Crippen molar-refractivity contribution in [3.63, 3.8) is 0 Å². The second-order valence-corrected chi connectivity index (χ2v) is 13.3. The zero-order chi connectivity index (χ0) is 32.2. The van der Waals surface area contributed by atoms with Crippen molar-refractivity contribution >= 4 is 55.0 Å². The quantitative estimate of drug-likeness (QED) is 0.113. The second kappa shape index (κ2) is 21.6. The number of fused-ring (bicyclic) bond motifs is 2. The maximum absolute atomic E-state index is 12.0. The molecule has 4 aromatic heterocycles. The molecule has 0 aliphatic carbocycles. The Labute approximate surface area is 321 Å². The van der Waals surface area contributed by atoms with Crippen molar-refractivity contribution < 1.29 is 78.9 Å². The molecule has 240 valence electrons. The molecule has 0 radical (unpaired) electrons. The van der Waals surface area contributed by atoms with Crippen LogP contribution in [-0.4, -0.2) is 31.9 Å². The number of hydrogen-bond acceptors (Lipinski definition) is 10. The molecular formula is C32H42N4Na2O6S2. The molecule has 0 aliphatic rings. The number of aromatic amines is 2. The van der Waals surface area contributed by atoms with E-state index < -0.39 is 34.7 Å². The van der Waals surface area contributed by atoms with E-state index in [0.717, 1.165) is 46.6 Å². The van der Waals surface area contributed by atoms with E-state index in [2.05, 4.69) is 33.8 Å². The van der Waals surface area contributed by atoms with Gasteiger partial charge in [-0.1, -0.05) is 78.1 Å². The predicted octanol–water partition coefficient (Wildman–Crippen LogP) is -0.873. The zero-order valence-electron chi connectivity index (χ0n) is 28.1. The van der Waals surface area contributed by atoms with Crippen LogP contribution in [0.3, 0.4) is 0 Å². The molecule has 0 saturated heterocycles. The van der Waals surface area contributed by atoms with Gasteiger partial charge in [-0.2, -0.15) is 0 Å². The van der Waals surface area contributed by atoms with Crippen molar-refractivity contribution in [1.82, 2.24) is 19.9 Å². The molecule has 2 N–H and O–H groups in total. The van der Waals surface area contributed by atoms with Crippen LogP contribution in [0.4, 0.5) is 0 Å². The van der Waals surface area contributed by atoms with Gasteiger partial charge in [-0.15, -0.1) is 22.7 Å². The van der Waals surface area contributed by atoms with Gasteiger partial charge < -0.3 is 29.8 Å². The average molecular weight is 689 g/mol. The number of thiophene rings is 2. The van der Waals surface area contributed by atoms with Gasteiger partial charge in [0.15, 0.2) is 11.6 Å². The molecule has 0 amide bonds. The SMILES string of the molecule is CCCCCCCCc1sc2nc(C(=O)[O-])[nH]c(=O)c2c1C.CCCCCCCCc1sc2nc(C(=O)[O-])[nH]c(=O)c2c1C.[Na+].[Na+]. The van der Waals surface area contributed by atoms with Crippen molar-refractivity contribution in [1.29, 1.82) is 0 Å². The zero-order valence-corrected chi connectivity index (χ0v) is 33.7. The van der Waals surface area contributed by atoms with Crippen molar-refractivity contribution in [2.24, 2.45) is 0 Å². The molecule has 4 rings (SSSR count). The van der Waals surface area contributed by atoms with Crippen molar-refractivity contribution in [2.75, 3.05) is 0 Å². The second-order valence-electron chi connectivity index (χ2n) is 11.1. The number of carbonyl (C=O) groups is 2. The fraction of sp³-hybridized carbons (Fsp3) is 0.562. The third-order valence-corrected chi connectivity index (χ3v) is 10.2. The maximum atomic E-state index is 12.0. The Morgan fingerprint density at radius 3 is 1.26 bits per heavy atom. The monoisotopic (exact) mass is 688 g/mol. The Bertz CT molecular complexity index is 1570. The van der Waals surface area contributed by atoms with Crippen LogP contribution in [0.25, 0.3) is 20.4 Å². The number of aromatic nitrogens is 4. The molecule has 0 aliphatic heterocycles. The minimum absolute atomic E-state index is 0. The van der Waals surface area contributed by atoms with Gasteiger partial charge in [0.1, 0.15) is 21.6 Å². The third-order valence-electron chi connectivity index (χ3n) is 7.70. The summed E-state index contributed by atoms with van der Waals surface area (Å²) >= 11 is 2.83. The number of nitrogens with one attached hydrogen (secondary N) is 2. The molecule has 10 nitrogen and oxygen atoms in total. The number of aryl methyl sites for hydroxylation is 4. The van der Waals surface area contributed by atoms with E-state index in [1.165, 1.54) is 86.9 Å². The number of carboxylic acids is 2. The number of carboxylic acid groups (broad SMARTS) is 2. The molecule has 0 spiro atoms. The summed E-state index contributed by atoms with van der Waals surface area (Å²) in [6, 6.07) is 0. The summed E-state index contributed by atoms with van der Waals surface area (Å²) < 4.78 is 0. The molecule has 0 saturated carbocycles. The van der Waals surface area contributed by atoms with Crippen molar-refractivity contribution in [3.05, 3.63) is 53.2 Å². The van der Waals surface area contributed by atoms with Gasteiger partial charge in [0.25, 0.3) is 11.1 Å². The summed E-state index contributed by atoms with van der Waals surface area (Å²) in [7, 11) is 0. The van der Waals surface area contributed by atoms with E-state index in [1.54, 1.807) is 0 Å². The van der Waals surface area contributed by atoms with Crippen LogP contribution in [0.1, 0.15) is 133 Å². The summed E-state index contributed by atoms with van der Waals surface area (Å²) in [6.07, 6.45) is 16.5. The maximum Gasteiger partial charge on any atom is 1.00 e. The Kier molecular flexibility index (Phi) is 20.0. The van der Waals surface area contributed by atoms with Gasteiger partial charge in [0.05, 0.1) is 10.8 Å². The predicted molar refractivity (Wildman–Crippen MR) is 173 cm³/mol. The van der Waals surface area contributed by atoms with Crippen LogP contribution in [0.5, 0.6) is 0 Å². The number of rotatable bonds is 16. The van der Waals surface area contributed by atoms with Crippen LogP contribution >= 0.6 is 22.7 Å². The van der Waals surface area contributed by atoms with Gasteiger partial charge in [0.2, 0.25) is 0 Å². The van der Waals surface area contributed by atoms with E-state index in [9.17, 15) is 29.4 Å². The Balaban J connectivity index is 0.000000441.